The lowest BCUT2D eigenvalue weighted by Gasteiger charge is -1.92. The summed E-state index contributed by atoms with van der Waals surface area (Å²) in [4.78, 5) is 8.14. The average molecular weight is 210 g/mol. The largest absolute Gasteiger partial charge is 0.223 e. The molecule has 0 spiro atoms. The fourth-order valence-electron chi connectivity index (χ4n) is 1.33. The van der Waals surface area contributed by atoms with Crippen LogP contribution in [0, 0.1) is 0 Å². The highest BCUT2D eigenvalue weighted by Crippen LogP contribution is 2.21. The molecule has 0 fully saturated rings. The van der Waals surface area contributed by atoms with E-state index in [2.05, 4.69) is 30.4 Å². The van der Waals surface area contributed by atoms with Crippen molar-refractivity contribution in [1.82, 2.24) is 0 Å². The van der Waals surface area contributed by atoms with Gasteiger partial charge in [-0.25, -0.2) is 9.98 Å². The molecule has 16 heavy (non-hydrogen) atoms. The first-order valence-electron chi connectivity index (χ1n) is 4.67. The van der Waals surface area contributed by atoms with Crippen LogP contribution in [0.4, 0.5) is 0 Å². The Balaban J connectivity index is 2.00. The van der Waals surface area contributed by atoms with Crippen molar-refractivity contribution < 1.29 is 0 Å². The lowest BCUT2D eigenvalue weighted by atomic mass is 10.2. The average Bonchev–Trinajstić information content (AvgIpc) is 3.01. The molecule has 0 saturated heterocycles. The summed E-state index contributed by atoms with van der Waals surface area (Å²) < 4.78 is 0. The zero-order valence-electron chi connectivity index (χ0n) is 8.15. The second-order valence-corrected chi connectivity index (χ2v) is 3.11. The van der Waals surface area contributed by atoms with Gasteiger partial charge < -0.3 is 0 Å². The van der Waals surface area contributed by atoms with Gasteiger partial charge in [0.25, 0.3) is 0 Å². The van der Waals surface area contributed by atoms with Gasteiger partial charge in [0.1, 0.15) is 6.34 Å². The Labute approximate surface area is 90.9 Å². The van der Waals surface area contributed by atoms with Crippen molar-refractivity contribution in [3.05, 3.63) is 47.5 Å². The molecule has 0 aromatic heterocycles. The first kappa shape index (κ1) is 8.78. The molecule has 0 unspecified atom stereocenters. The summed E-state index contributed by atoms with van der Waals surface area (Å²) in [6.07, 6.45) is 1.36. The van der Waals surface area contributed by atoms with Gasteiger partial charge in [-0.15, -0.1) is 20.5 Å². The van der Waals surface area contributed by atoms with Gasteiger partial charge in [-0.2, -0.15) is 0 Å². The number of benzene rings is 1. The third-order valence-corrected chi connectivity index (χ3v) is 2.07. The maximum atomic E-state index is 4.24. The van der Waals surface area contributed by atoms with Gasteiger partial charge >= 0.3 is 0 Å². The second kappa shape index (κ2) is 3.58. The molecule has 0 radical (unpaired) electrons. The van der Waals surface area contributed by atoms with E-state index >= 15 is 0 Å². The standard InChI is InChI=1S/C10H6N6/c1-2-4-7(5-3-1)8-13-10(16-15-8)9-11-6-12-14-9/h1-6H. The molecule has 6 nitrogen and oxygen atoms in total. The van der Waals surface area contributed by atoms with Crippen LogP contribution in [0.2, 0.25) is 0 Å². The van der Waals surface area contributed by atoms with E-state index in [9.17, 15) is 0 Å². The van der Waals surface area contributed by atoms with Gasteiger partial charge in [-0.3, -0.25) is 0 Å². The lowest BCUT2D eigenvalue weighted by Crippen LogP contribution is -1.91. The van der Waals surface area contributed by atoms with Gasteiger partial charge in [0, 0.05) is 5.56 Å². The van der Waals surface area contributed by atoms with Crippen molar-refractivity contribution in [3.63, 3.8) is 0 Å². The molecular formula is C10H6N6. The Morgan fingerprint density at radius 3 is 2.44 bits per heavy atom. The summed E-state index contributed by atoms with van der Waals surface area (Å²) in [6.45, 7) is 0. The van der Waals surface area contributed by atoms with Gasteiger partial charge in [0.15, 0.2) is 5.84 Å². The second-order valence-electron chi connectivity index (χ2n) is 3.11. The first-order valence-corrected chi connectivity index (χ1v) is 4.67. The molecule has 0 bridgehead atoms. The molecule has 1 aromatic rings. The van der Waals surface area contributed by atoms with E-state index in [1.807, 2.05) is 30.3 Å². The van der Waals surface area contributed by atoms with E-state index in [1.165, 1.54) is 6.34 Å². The highest BCUT2D eigenvalue weighted by atomic mass is 15.3. The van der Waals surface area contributed by atoms with E-state index in [1.54, 1.807) is 0 Å². The van der Waals surface area contributed by atoms with Crippen molar-refractivity contribution in [1.29, 1.82) is 0 Å². The van der Waals surface area contributed by atoms with E-state index in [0.29, 0.717) is 17.5 Å². The van der Waals surface area contributed by atoms with E-state index in [-0.39, 0.29) is 0 Å². The molecule has 0 atom stereocenters. The zero-order chi connectivity index (χ0) is 10.8. The number of hydrogen-bond donors (Lipinski definition) is 0. The van der Waals surface area contributed by atoms with Crippen molar-refractivity contribution in [2.75, 3.05) is 0 Å². The third kappa shape index (κ3) is 1.46. The number of rotatable bonds is 1. The number of aliphatic imine (C=N–C) groups is 2. The maximum Gasteiger partial charge on any atom is 0.223 e. The summed E-state index contributed by atoms with van der Waals surface area (Å²) in [6, 6.07) is 9.62. The van der Waals surface area contributed by atoms with E-state index in [4.69, 9.17) is 0 Å². The summed E-state index contributed by atoms with van der Waals surface area (Å²) in [5.74, 6) is 1.37. The lowest BCUT2D eigenvalue weighted by molar-refractivity contribution is 1.07. The molecule has 0 aliphatic carbocycles. The quantitative estimate of drug-likeness (QED) is 0.683. The zero-order valence-corrected chi connectivity index (χ0v) is 8.15. The highest BCUT2D eigenvalue weighted by molar-refractivity contribution is 6.00. The molecule has 6 heteroatoms. The number of nitrogens with zero attached hydrogens (tertiary/aromatic N) is 6. The Kier molecular flexibility index (Phi) is 1.96. The van der Waals surface area contributed by atoms with Crippen LogP contribution in [0.15, 0.2) is 72.4 Å². The molecule has 2 aliphatic rings. The Morgan fingerprint density at radius 1 is 0.812 bits per heavy atom. The van der Waals surface area contributed by atoms with Crippen LogP contribution in [0.5, 0.6) is 0 Å². The van der Waals surface area contributed by atoms with Crippen molar-refractivity contribution in [2.24, 2.45) is 30.4 Å². The van der Waals surface area contributed by atoms with E-state index in [0.717, 1.165) is 5.56 Å². The molecule has 3 rings (SSSR count). The highest BCUT2D eigenvalue weighted by Gasteiger charge is 2.15. The number of amidine groups is 1. The van der Waals surface area contributed by atoms with Crippen LogP contribution in [0.3, 0.4) is 0 Å². The summed E-state index contributed by atoms with van der Waals surface area (Å²) in [7, 11) is 0. The van der Waals surface area contributed by atoms with Crippen molar-refractivity contribution in [3.8, 4) is 0 Å². The Hall–Kier alpha value is -2.50. The molecule has 0 saturated carbocycles. The molecule has 1 aromatic carbocycles. The third-order valence-electron chi connectivity index (χ3n) is 2.07. The van der Waals surface area contributed by atoms with Crippen LogP contribution in [0.1, 0.15) is 5.56 Å². The normalized spacial score (nSPS) is 21.9. The van der Waals surface area contributed by atoms with Crippen molar-refractivity contribution in [2.45, 2.75) is 0 Å². The number of azo groups is 2. The topological polar surface area (TPSA) is 74.2 Å². The summed E-state index contributed by atoms with van der Waals surface area (Å²) in [5.41, 5.74) is 0.917. The van der Waals surface area contributed by atoms with E-state index < -0.39 is 0 Å². The van der Waals surface area contributed by atoms with Crippen LogP contribution in [-0.2, 0) is 0 Å². The Bertz CT molecular complexity index is 550. The molecule has 2 heterocycles. The smallest absolute Gasteiger partial charge is 0.210 e. The minimum atomic E-state index is 0.398. The first-order chi connectivity index (χ1) is 7.93. The van der Waals surface area contributed by atoms with Crippen molar-refractivity contribution >= 4 is 12.2 Å². The fourth-order valence-corrected chi connectivity index (χ4v) is 1.33. The SMILES string of the molecule is C1=NC(=C2N=NC(c3ccccc3)=N2)N=N1. The van der Waals surface area contributed by atoms with Gasteiger partial charge in [-0.05, 0) is 0 Å². The van der Waals surface area contributed by atoms with Gasteiger partial charge in [0.2, 0.25) is 11.6 Å². The minimum absolute atomic E-state index is 0.398. The molecule has 0 N–H and O–H groups in total. The van der Waals surface area contributed by atoms with Crippen LogP contribution >= 0.6 is 0 Å². The summed E-state index contributed by atoms with van der Waals surface area (Å²) in [5, 5.41) is 15.3. The Morgan fingerprint density at radius 2 is 1.69 bits per heavy atom. The maximum absolute atomic E-state index is 4.24. The predicted octanol–water partition coefficient (Wildman–Crippen LogP) is 2.52. The van der Waals surface area contributed by atoms with Gasteiger partial charge in [0.05, 0.1) is 0 Å². The number of hydrogen-bond acceptors (Lipinski definition) is 6. The molecule has 2 aliphatic heterocycles. The van der Waals surface area contributed by atoms with Gasteiger partial charge in [-0.1, -0.05) is 30.3 Å². The van der Waals surface area contributed by atoms with Crippen LogP contribution in [-0.4, -0.2) is 12.2 Å². The monoisotopic (exact) mass is 210 g/mol. The molecule has 76 valence electrons. The minimum Gasteiger partial charge on any atom is -0.210 e. The molecule has 0 amide bonds. The van der Waals surface area contributed by atoms with Crippen LogP contribution < -0.4 is 0 Å². The summed E-state index contributed by atoms with van der Waals surface area (Å²) >= 11 is 0. The van der Waals surface area contributed by atoms with Crippen LogP contribution in [0.25, 0.3) is 0 Å². The fraction of sp³-hybridized carbons (Fsp3) is 0. The molecular weight excluding hydrogens is 204 g/mol. The predicted molar refractivity (Wildman–Crippen MR) is 58.2 cm³/mol.